The summed E-state index contributed by atoms with van der Waals surface area (Å²) in [4.78, 5) is 23.5. The lowest BCUT2D eigenvalue weighted by molar-refractivity contribution is -0.132. The normalized spacial score (nSPS) is 14.9. The quantitative estimate of drug-likeness (QED) is 0.694. The van der Waals surface area contributed by atoms with Gasteiger partial charge in [-0.25, -0.2) is 4.98 Å². The molecular formula is C22H27N5O2. The number of fused-ring (bicyclic) bond motifs is 1. The number of ether oxygens (including phenoxy) is 1. The fraction of sp³-hybridized carbons (Fsp3) is 0.409. The van der Waals surface area contributed by atoms with Gasteiger partial charge in [0.1, 0.15) is 17.3 Å². The standard InChI is InChI=1S/C22H27N5O2/c1-16-8-12-26(13-9-16)20(28)7-10-24-22-21(17-3-5-18(29-2)6-4-17)25-19-15-23-11-14-27(19)22/h3-6,11,14-16,24H,7-10,12-13H2,1-2H3. The number of aromatic nitrogens is 3. The minimum atomic E-state index is 0.214. The molecule has 0 spiro atoms. The Hall–Kier alpha value is -3.09. The van der Waals surface area contributed by atoms with E-state index < -0.39 is 0 Å². The zero-order valence-electron chi connectivity index (χ0n) is 17.0. The maximum atomic E-state index is 12.6. The molecule has 1 amide bonds. The average molecular weight is 393 g/mol. The highest BCUT2D eigenvalue weighted by Gasteiger charge is 2.20. The van der Waals surface area contributed by atoms with Crippen LogP contribution in [0.2, 0.25) is 0 Å². The van der Waals surface area contributed by atoms with Crippen molar-refractivity contribution in [3.05, 3.63) is 42.9 Å². The molecule has 29 heavy (non-hydrogen) atoms. The number of methoxy groups -OCH3 is 1. The summed E-state index contributed by atoms with van der Waals surface area (Å²) in [6.45, 7) is 4.56. The molecule has 0 saturated carbocycles. The molecule has 1 aromatic carbocycles. The Bertz CT molecular complexity index is 975. The average Bonchev–Trinajstić information content (AvgIpc) is 3.13. The molecular weight excluding hydrogens is 366 g/mol. The Balaban J connectivity index is 1.50. The molecule has 1 aliphatic heterocycles. The number of amides is 1. The van der Waals surface area contributed by atoms with E-state index in [0.717, 1.165) is 60.3 Å². The van der Waals surface area contributed by atoms with Crippen molar-refractivity contribution in [2.75, 3.05) is 32.1 Å². The van der Waals surface area contributed by atoms with Crippen LogP contribution in [0.25, 0.3) is 16.9 Å². The first-order chi connectivity index (χ1) is 14.2. The number of rotatable bonds is 6. The van der Waals surface area contributed by atoms with E-state index >= 15 is 0 Å². The number of hydrogen-bond acceptors (Lipinski definition) is 5. The Kier molecular flexibility index (Phi) is 5.64. The van der Waals surface area contributed by atoms with E-state index in [-0.39, 0.29) is 5.91 Å². The third-order valence-electron chi connectivity index (χ3n) is 5.56. The van der Waals surface area contributed by atoms with Gasteiger partial charge in [0.15, 0.2) is 5.65 Å². The number of anilines is 1. The lowest BCUT2D eigenvalue weighted by Gasteiger charge is -2.30. The van der Waals surface area contributed by atoms with Crippen molar-refractivity contribution in [3.8, 4) is 17.0 Å². The van der Waals surface area contributed by atoms with Crippen LogP contribution in [0.1, 0.15) is 26.2 Å². The summed E-state index contributed by atoms with van der Waals surface area (Å²) in [7, 11) is 1.65. The van der Waals surface area contributed by atoms with Crippen molar-refractivity contribution in [1.82, 2.24) is 19.3 Å². The molecule has 3 heterocycles. The summed E-state index contributed by atoms with van der Waals surface area (Å²) in [6, 6.07) is 7.81. The number of imidazole rings is 1. The second-order valence-electron chi connectivity index (χ2n) is 7.58. The first-order valence-electron chi connectivity index (χ1n) is 10.1. The molecule has 0 aliphatic carbocycles. The van der Waals surface area contributed by atoms with Crippen molar-refractivity contribution in [2.45, 2.75) is 26.2 Å². The van der Waals surface area contributed by atoms with Crippen LogP contribution >= 0.6 is 0 Å². The van der Waals surface area contributed by atoms with Crippen LogP contribution in [-0.4, -0.2) is 51.9 Å². The first-order valence-corrected chi connectivity index (χ1v) is 10.1. The summed E-state index contributed by atoms with van der Waals surface area (Å²) in [5.74, 6) is 2.60. The van der Waals surface area contributed by atoms with E-state index in [0.29, 0.717) is 13.0 Å². The van der Waals surface area contributed by atoms with Gasteiger partial charge >= 0.3 is 0 Å². The second-order valence-corrected chi connectivity index (χ2v) is 7.58. The van der Waals surface area contributed by atoms with Crippen molar-refractivity contribution in [1.29, 1.82) is 0 Å². The molecule has 1 saturated heterocycles. The number of piperidine rings is 1. The lowest BCUT2D eigenvalue weighted by atomic mass is 9.99. The smallest absolute Gasteiger partial charge is 0.224 e. The van der Waals surface area contributed by atoms with Crippen LogP contribution in [0.3, 0.4) is 0 Å². The molecule has 2 aromatic heterocycles. The monoisotopic (exact) mass is 393 g/mol. The Labute approximate surface area is 170 Å². The summed E-state index contributed by atoms with van der Waals surface area (Å²) >= 11 is 0. The van der Waals surface area contributed by atoms with Gasteiger partial charge in [-0.3, -0.25) is 14.2 Å². The third kappa shape index (κ3) is 4.18. The molecule has 4 rings (SSSR count). The summed E-state index contributed by atoms with van der Waals surface area (Å²) in [5.41, 5.74) is 2.57. The largest absolute Gasteiger partial charge is 0.497 e. The maximum absolute atomic E-state index is 12.6. The van der Waals surface area contributed by atoms with E-state index in [1.807, 2.05) is 39.8 Å². The summed E-state index contributed by atoms with van der Waals surface area (Å²) in [5, 5.41) is 3.44. The highest BCUT2D eigenvalue weighted by atomic mass is 16.5. The van der Waals surface area contributed by atoms with Gasteiger partial charge in [-0.1, -0.05) is 6.92 Å². The van der Waals surface area contributed by atoms with Crippen LogP contribution in [0.15, 0.2) is 42.9 Å². The zero-order valence-corrected chi connectivity index (χ0v) is 17.0. The third-order valence-corrected chi connectivity index (χ3v) is 5.56. The number of carbonyl (C=O) groups is 1. The van der Waals surface area contributed by atoms with Gasteiger partial charge in [-0.15, -0.1) is 0 Å². The van der Waals surface area contributed by atoms with Gasteiger partial charge in [0.2, 0.25) is 5.91 Å². The minimum Gasteiger partial charge on any atom is -0.497 e. The predicted molar refractivity (Wildman–Crippen MR) is 113 cm³/mol. The Morgan fingerprint density at radius 2 is 2.00 bits per heavy atom. The number of hydrogen-bond donors (Lipinski definition) is 1. The second kappa shape index (κ2) is 8.51. The number of nitrogens with one attached hydrogen (secondary N) is 1. The molecule has 0 bridgehead atoms. The molecule has 1 aliphatic rings. The van der Waals surface area contributed by atoms with Gasteiger partial charge in [-0.05, 0) is 43.0 Å². The molecule has 152 valence electrons. The van der Waals surface area contributed by atoms with Crippen molar-refractivity contribution in [2.24, 2.45) is 5.92 Å². The number of carbonyl (C=O) groups excluding carboxylic acids is 1. The van der Waals surface area contributed by atoms with Crippen LogP contribution in [0.5, 0.6) is 5.75 Å². The van der Waals surface area contributed by atoms with Crippen molar-refractivity contribution < 1.29 is 9.53 Å². The van der Waals surface area contributed by atoms with Gasteiger partial charge in [0, 0.05) is 44.0 Å². The number of benzene rings is 1. The van der Waals surface area contributed by atoms with E-state index in [4.69, 9.17) is 9.72 Å². The summed E-state index contributed by atoms with van der Waals surface area (Å²) in [6.07, 6.45) is 8.01. The number of nitrogens with zero attached hydrogens (tertiary/aromatic N) is 4. The molecule has 0 atom stereocenters. The highest BCUT2D eigenvalue weighted by Crippen LogP contribution is 2.29. The molecule has 0 radical (unpaired) electrons. The maximum Gasteiger partial charge on any atom is 0.224 e. The van der Waals surface area contributed by atoms with Gasteiger partial charge in [0.25, 0.3) is 0 Å². The highest BCUT2D eigenvalue weighted by molar-refractivity contribution is 5.79. The van der Waals surface area contributed by atoms with Crippen molar-refractivity contribution >= 4 is 17.4 Å². The van der Waals surface area contributed by atoms with Crippen LogP contribution < -0.4 is 10.1 Å². The molecule has 3 aromatic rings. The minimum absolute atomic E-state index is 0.214. The Morgan fingerprint density at radius 3 is 2.72 bits per heavy atom. The van der Waals surface area contributed by atoms with Crippen molar-refractivity contribution in [3.63, 3.8) is 0 Å². The molecule has 7 heteroatoms. The van der Waals surface area contributed by atoms with Crippen LogP contribution in [0, 0.1) is 5.92 Å². The van der Waals surface area contributed by atoms with E-state index in [1.54, 1.807) is 19.5 Å². The van der Waals surface area contributed by atoms with Gasteiger partial charge in [0.05, 0.1) is 13.3 Å². The van der Waals surface area contributed by atoms with E-state index in [1.165, 1.54) is 0 Å². The van der Waals surface area contributed by atoms with E-state index in [2.05, 4.69) is 17.2 Å². The van der Waals surface area contributed by atoms with Gasteiger partial charge < -0.3 is 15.0 Å². The first kappa shape index (κ1) is 19.2. The lowest BCUT2D eigenvalue weighted by Crippen LogP contribution is -2.38. The zero-order chi connectivity index (χ0) is 20.2. The van der Waals surface area contributed by atoms with E-state index in [9.17, 15) is 4.79 Å². The molecule has 0 unspecified atom stereocenters. The predicted octanol–water partition coefficient (Wildman–Crippen LogP) is 3.47. The molecule has 1 fully saturated rings. The van der Waals surface area contributed by atoms with Crippen LogP contribution in [0.4, 0.5) is 5.82 Å². The fourth-order valence-corrected chi connectivity index (χ4v) is 3.73. The fourth-order valence-electron chi connectivity index (χ4n) is 3.73. The SMILES string of the molecule is COc1ccc(-c2nc3cnccn3c2NCCC(=O)N2CCC(C)CC2)cc1. The molecule has 7 nitrogen and oxygen atoms in total. The topological polar surface area (TPSA) is 71.8 Å². The number of likely N-dealkylation sites (tertiary alicyclic amines) is 1. The van der Waals surface area contributed by atoms with Gasteiger partial charge in [-0.2, -0.15) is 0 Å². The van der Waals surface area contributed by atoms with Crippen LogP contribution in [-0.2, 0) is 4.79 Å². The Morgan fingerprint density at radius 1 is 1.24 bits per heavy atom. The summed E-state index contributed by atoms with van der Waals surface area (Å²) < 4.78 is 7.23. The molecule has 1 N–H and O–H groups in total.